The lowest BCUT2D eigenvalue weighted by molar-refractivity contribution is 0.0754. The minimum absolute atomic E-state index is 0.485. The summed E-state index contributed by atoms with van der Waals surface area (Å²) in [7, 11) is 0. The Labute approximate surface area is 75.1 Å². The SMILES string of the molecule is CC(C)N1C[C@H]2[C@@H](N)C[C@@]2(C)C1. The molecule has 1 aliphatic heterocycles. The number of hydrogen-bond acceptors (Lipinski definition) is 2. The van der Waals surface area contributed by atoms with Gasteiger partial charge in [-0.05, 0) is 31.6 Å². The molecule has 0 radical (unpaired) electrons. The first-order chi connectivity index (χ1) is 5.53. The first-order valence-corrected chi connectivity index (χ1v) is 5.02. The Kier molecular flexibility index (Phi) is 1.74. The zero-order valence-electron chi connectivity index (χ0n) is 8.38. The van der Waals surface area contributed by atoms with E-state index in [-0.39, 0.29) is 0 Å². The molecule has 12 heavy (non-hydrogen) atoms. The van der Waals surface area contributed by atoms with Crippen molar-refractivity contribution in [3.05, 3.63) is 0 Å². The summed E-state index contributed by atoms with van der Waals surface area (Å²) < 4.78 is 0. The Hall–Kier alpha value is -0.0800. The van der Waals surface area contributed by atoms with Crippen molar-refractivity contribution in [2.24, 2.45) is 17.1 Å². The second-order valence-corrected chi connectivity index (χ2v) is 5.15. The van der Waals surface area contributed by atoms with E-state index < -0.39 is 0 Å². The molecule has 2 fully saturated rings. The maximum absolute atomic E-state index is 5.98. The Balaban J connectivity index is 2.04. The van der Waals surface area contributed by atoms with E-state index in [9.17, 15) is 0 Å². The monoisotopic (exact) mass is 168 g/mol. The van der Waals surface area contributed by atoms with Crippen LogP contribution in [0.3, 0.4) is 0 Å². The second kappa shape index (κ2) is 2.46. The average molecular weight is 168 g/mol. The topological polar surface area (TPSA) is 29.3 Å². The van der Waals surface area contributed by atoms with Crippen LogP contribution in [0.15, 0.2) is 0 Å². The highest BCUT2D eigenvalue weighted by Crippen LogP contribution is 2.50. The van der Waals surface area contributed by atoms with Crippen molar-refractivity contribution in [3.8, 4) is 0 Å². The van der Waals surface area contributed by atoms with Gasteiger partial charge in [-0.2, -0.15) is 0 Å². The van der Waals surface area contributed by atoms with E-state index in [1.165, 1.54) is 19.5 Å². The lowest BCUT2D eigenvalue weighted by Gasteiger charge is -2.46. The van der Waals surface area contributed by atoms with Crippen LogP contribution in [0.1, 0.15) is 27.2 Å². The molecule has 1 saturated carbocycles. The number of nitrogens with zero attached hydrogens (tertiary/aromatic N) is 1. The van der Waals surface area contributed by atoms with E-state index >= 15 is 0 Å². The highest BCUT2D eigenvalue weighted by molar-refractivity contribution is 5.08. The molecular weight excluding hydrogens is 148 g/mol. The van der Waals surface area contributed by atoms with Crippen LogP contribution in [0.2, 0.25) is 0 Å². The molecule has 0 spiro atoms. The maximum atomic E-state index is 5.98. The third-order valence-corrected chi connectivity index (χ3v) is 3.84. The molecule has 0 aromatic rings. The van der Waals surface area contributed by atoms with Gasteiger partial charge in [0, 0.05) is 25.2 Å². The smallest absolute Gasteiger partial charge is 0.00908 e. The van der Waals surface area contributed by atoms with Crippen LogP contribution in [0.4, 0.5) is 0 Å². The van der Waals surface area contributed by atoms with Crippen LogP contribution in [-0.2, 0) is 0 Å². The van der Waals surface area contributed by atoms with Crippen LogP contribution < -0.4 is 5.73 Å². The quantitative estimate of drug-likeness (QED) is 0.634. The number of hydrogen-bond donors (Lipinski definition) is 1. The van der Waals surface area contributed by atoms with Gasteiger partial charge < -0.3 is 10.6 Å². The predicted octanol–water partition coefficient (Wildman–Crippen LogP) is 1.06. The predicted molar refractivity (Wildman–Crippen MR) is 50.9 cm³/mol. The fraction of sp³-hybridized carbons (Fsp3) is 1.00. The molecular formula is C10H20N2. The number of rotatable bonds is 1. The van der Waals surface area contributed by atoms with Crippen molar-refractivity contribution >= 4 is 0 Å². The van der Waals surface area contributed by atoms with E-state index in [2.05, 4.69) is 25.7 Å². The standard InChI is InChI=1S/C10H20N2/c1-7(2)12-5-8-9(11)4-10(8,3)6-12/h7-9H,4-6,11H2,1-3H3/t8-,9-,10-/m0/s1. The lowest BCUT2D eigenvalue weighted by Crippen LogP contribution is -2.53. The van der Waals surface area contributed by atoms with Crippen molar-refractivity contribution in [2.45, 2.75) is 39.3 Å². The highest BCUT2D eigenvalue weighted by Gasteiger charge is 2.54. The molecule has 2 nitrogen and oxygen atoms in total. The molecule has 0 aromatic carbocycles. The van der Waals surface area contributed by atoms with Crippen LogP contribution in [0.25, 0.3) is 0 Å². The molecule has 0 unspecified atom stereocenters. The summed E-state index contributed by atoms with van der Waals surface area (Å²) in [5, 5.41) is 0. The van der Waals surface area contributed by atoms with Crippen molar-refractivity contribution < 1.29 is 0 Å². The lowest BCUT2D eigenvalue weighted by atomic mass is 9.60. The van der Waals surface area contributed by atoms with Gasteiger partial charge in [0.15, 0.2) is 0 Å². The fourth-order valence-corrected chi connectivity index (χ4v) is 2.90. The minimum atomic E-state index is 0.485. The van der Waals surface area contributed by atoms with Crippen molar-refractivity contribution in [2.75, 3.05) is 13.1 Å². The molecule has 2 heteroatoms. The Morgan fingerprint density at radius 3 is 2.58 bits per heavy atom. The van der Waals surface area contributed by atoms with E-state index in [1.54, 1.807) is 0 Å². The van der Waals surface area contributed by atoms with Gasteiger partial charge in [-0.25, -0.2) is 0 Å². The molecule has 1 aliphatic carbocycles. The Morgan fingerprint density at radius 1 is 1.50 bits per heavy atom. The number of nitrogens with two attached hydrogens (primary N) is 1. The first kappa shape index (κ1) is 8.52. The van der Waals surface area contributed by atoms with Crippen molar-refractivity contribution in [3.63, 3.8) is 0 Å². The zero-order valence-corrected chi connectivity index (χ0v) is 8.38. The largest absolute Gasteiger partial charge is 0.327 e. The van der Waals surface area contributed by atoms with Crippen molar-refractivity contribution in [1.82, 2.24) is 4.90 Å². The number of fused-ring (bicyclic) bond motifs is 1. The van der Waals surface area contributed by atoms with Gasteiger partial charge in [-0.15, -0.1) is 0 Å². The Morgan fingerprint density at radius 2 is 2.17 bits per heavy atom. The summed E-state index contributed by atoms with van der Waals surface area (Å²) in [4.78, 5) is 2.57. The molecule has 2 aliphatic rings. The summed E-state index contributed by atoms with van der Waals surface area (Å²) in [5.41, 5.74) is 6.54. The maximum Gasteiger partial charge on any atom is 0.00908 e. The highest BCUT2D eigenvalue weighted by atomic mass is 15.2. The van der Waals surface area contributed by atoms with Crippen LogP contribution in [-0.4, -0.2) is 30.1 Å². The van der Waals surface area contributed by atoms with Gasteiger partial charge in [-0.1, -0.05) is 6.92 Å². The second-order valence-electron chi connectivity index (χ2n) is 5.15. The molecule has 1 saturated heterocycles. The molecule has 0 aromatic heterocycles. The summed E-state index contributed by atoms with van der Waals surface area (Å²) >= 11 is 0. The van der Waals surface area contributed by atoms with Crippen molar-refractivity contribution in [1.29, 1.82) is 0 Å². The third-order valence-electron chi connectivity index (χ3n) is 3.84. The summed E-state index contributed by atoms with van der Waals surface area (Å²) in [5.74, 6) is 0.778. The van der Waals surface area contributed by atoms with Gasteiger partial charge in [0.05, 0.1) is 0 Å². The van der Waals surface area contributed by atoms with E-state index in [4.69, 9.17) is 5.73 Å². The summed E-state index contributed by atoms with van der Waals surface area (Å²) in [6.45, 7) is 9.45. The molecule has 70 valence electrons. The van der Waals surface area contributed by atoms with Gasteiger partial charge in [0.1, 0.15) is 0 Å². The average Bonchev–Trinajstić information content (AvgIpc) is 2.22. The molecule has 1 heterocycles. The van der Waals surface area contributed by atoms with Crippen LogP contribution >= 0.6 is 0 Å². The number of likely N-dealkylation sites (tertiary alicyclic amines) is 1. The van der Waals surface area contributed by atoms with Gasteiger partial charge in [-0.3, -0.25) is 0 Å². The minimum Gasteiger partial charge on any atom is -0.327 e. The molecule has 0 bridgehead atoms. The molecule has 3 atom stereocenters. The van der Waals surface area contributed by atoms with Gasteiger partial charge in [0.25, 0.3) is 0 Å². The zero-order chi connectivity index (χ0) is 8.93. The fourth-order valence-electron chi connectivity index (χ4n) is 2.90. The normalized spacial score (nSPS) is 47.8. The first-order valence-electron chi connectivity index (χ1n) is 5.02. The van der Waals surface area contributed by atoms with Crippen LogP contribution in [0, 0.1) is 11.3 Å². The third kappa shape index (κ3) is 1.01. The van der Waals surface area contributed by atoms with E-state index in [0.717, 1.165) is 5.92 Å². The van der Waals surface area contributed by atoms with E-state index in [0.29, 0.717) is 17.5 Å². The molecule has 0 amide bonds. The molecule has 2 N–H and O–H groups in total. The summed E-state index contributed by atoms with van der Waals surface area (Å²) in [6.07, 6.45) is 1.24. The van der Waals surface area contributed by atoms with Gasteiger partial charge in [0.2, 0.25) is 0 Å². The Bertz CT molecular complexity index is 190. The van der Waals surface area contributed by atoms with Crippen LogP contribution in [0.5, 0.6) is 0 Å². The van der Waals surface area contributed by atoms with E-state index in [1.807, 2.05) is 0 Å². The van der Waals surface area contributed by atoms with Gasteiger partial charge >= 0.3 is 0 Å². The summed E-state index contributed by atoms with van der Waals surface area (Å²) in [6, 6.07) is 1.18. The molecule has 2 rings (SSSR count).